The summed E-state index contributed by atoms with van der Waals surface area (Å²) >= 11 is 0. The van der Waals surface area contributed by atoms with E-state index in [1.54, 1.807) is 0 Å². The van der Waals surface area contributed by atoms with Gasteiger partial charge in [-0.2, -0.15) is 0 Å². The average molecular weight is 217 g/mol. The molecule has 1 aliphatic heterocycles. The summed E-state index contributed by atoms with van der Waals surface area (Å²) in [5, 5.41) is 3.16. The monoisotopic (exact) mass is 217 g/mol. The molecule has 0 aromatic rings. The molecule has 0 aromatic carbocycles. The Balaban J connectivity index is 2.07. The SMILES string of the molecule is COC(=O)C(C)CNCC1COCCO1. The number of nitrogens with one attached hydrogen (secondary N) is 1. The van der Waals surface area contributed by atoms with Gasteiger partial charge in [-0.15, -0.1) is 0 Å². The first-order chi connectivity index (χ1) is 7.24. The number of esters is 1. The van der Waals surface area contributed by atoms with Gasteiger partial charge in [0.25, 0.3) is 0 Å². The summed E-state index contributed by atoms with van der Waals surface area (Å²) in [7, 11) is 1.40. The van der Waals surface area contributed by atoms with Gasteiger partial charge in [0.05, 0.1) is 39.0 Å². The predicted octanol–water partition coefficient (Wildman–Crippen LogP) is -0.199. The van der Waals surface area contributed by atoms with Crippen LogP contribution in [0.15, 0.2) is 0 Å². The van der Waals surface area contributed by atoms with Crippen LogP contribution in [-0.2, 0) is 19.0 Å². The number of ether oxygens (including phenoxy) is 3. The Morgan fingerprint density at radius 1 is 1.60 bits per heavy atom. The molecule has 2 atom stereocenters. The molecule has 88 valence electrons. The van der Waals surface area contributed by atoms with Gasteiger partial charge in [-0.05, 0) is 0 Å². The molecule has 2 unspecified atom stereocenters. The molecular weight excluding hydrogens is 198 g/mol. The molecule has 5 nitrogen and oxygen atoms in total. The van der Waals surface area contributed by atoms with Crippen LogP contribution in [0.4, 0.5) is 0 Å². The maximum Gasteiger partial charge on any atom is 0.309 e. The zero-order valence-electron chi connectivity index (χ0n) is 9.32. The molecule has 0 bridgehead atoms. The van der Waals surface area contributed by atoms with Crippen molar-refractivity contribution < 1.29 is 19.0 Å². The molecule has 0 aromatic heterocycles. The van der Waals surface area contributed by atoms with Crippen LogP contribution in [-0.4, -0.2) is 52.1 Å². The third-order valence-corrected chi connectivity index (χ3v) is 2.31. The minimum Gasteiger partial charge on any atom is -0.469 e. The van der Waals surface area contributed by atoms with Crippen molar-refractivity contribution in [3.05, 3.63) is 0 Å². The molecule has 1 aliphatic rings. The maximum atomic E-state index is 11.1. The van der Waals surface area contributed by atoms with E-state index in [1.165, 1.54) is 7.11 Å². The summed E-state index contributed by atoms with van der Waals surface area (Å²) in [5.41, 5.74) is 0. The van der Waals surface area contributed by atoms with Crippen molar-refractivity contribution >= 4 is 5.97 Å². The number of methoxy groups -OCH3 is 1. The average Bonchev–Trinajstić information content (AvgIpc) is 2.29. The Morgan fingerprint density at radius 3 is 3.00 bits per heavy atom. The number of carbonyl (C=O) groups is 1. The summed E-state index contributed by atoms with van der Waals surface area (Å²) < 4.78 is 15.3. The van der Waals surface area contributed by atoms with E-state index in [9.17, 15) is 4.79 Å². The van der Waals surface area contributed by atoms with Gasteiger partial charge in [-0.1, -0.05) is 6.92 Å². The Morgan fingerprint density at radius 2 is 2.40 bits per heavy atom. The van der Waals surface area contributed by atoms with Gasteiger partial charge in [0.2, 0.25) is 0 Å². The Hall–Kier alpha value is -0.650. The number of carbonyl (C=O) groups excluding carboxylic acids is 1. The van der Waals surface area contributed by atoms with Gasteiger partial charge in [0, 0.05) is 13.1 Å². The molecule has 0 saturated carbocycles. The van der Waals surface area contributed by atoms with Crippen LogP contribution >= 0.6 is 0 Å². The lowest BCUT2D eigenvalue weighted by Gasteiger charge is -2.23. The minimum atomic E-state index is -0.191. The normalized spacial score (nSPS) is 23.5. The van der Waals surface area contributed by atoms with E-state index in [0.29, 0.717) is 32.9 Å². The van der Waals surface area contributed by atoms with Gasteiger partial charge in [-0.25, -0.2) is 0 Å². The van der Waals surface area contributed by atoms with Crippen molar-refractivity contribution in [2.75, 3.05) is 40.0 Å². The highest BCUT2D eigenvalue weighted by atomic mass is 16.6. The molecule has 1 heterocycles. The summed E-state index contributed by atoms with van der Waals surface area (Å²) in [6.45, 7) is 5.10. The molecular formula is C10H19NO4. The lowest BCUT2D eigenvalue weighted by Crippen LogP contribution is -2.39. The van der Waals surface area contributed by atoms with Gasteiger partial charge >= 0.3 is 5.97 Å². The summed E-state index contributed by atoms with van der Waals surface area (Å²) in [6.07, 6.45) is 0.101. The van der Waals surface area contributed by atoms with E-state index in [4.69, 9.17) is 9.47 Å². The van der Waals surface area contributed by atoms with E-state index in [2.05, 4.69) is 10.1 Å². The van der Waals surface area contributed by atoms with E-state index in [0.717, 1.165) is 0 Å². The molecule has 5 heteroatoms. The number of hydrogen-bond donors (Lipinski definition) is 1. The van der Waals surface area contributed by atoms with Crippen LogP contribution in [0.1, 0.15) is 6.92 Å². The molecule has 1 rings (SSSR count). The van der Waals surface area contributed by atoms with Gasteiger partial charge < -0.3 is 19.5 Å². The molecule has 1 fully saturated rings. The first-order valence-electron chi connectivity index (χ1n) is 5.22. The fraction of sp³-hybridized carbons (Fsp3) is 0.900. The number of hydrogen-bond acceptors (Lipinski definition) is 5. The lowest BCUT2D eigenvalue weighted by atomic mass is 10.2. The highest BCUT2D eigenvalue weighted by molar-refractivity contribution is 5.71. The molecule has 1 N–H and O–H groups in total. The molecule has 15 heavy (non-hydrogen) atoms. The second kappa shape index (κ2) is 6.76. The fourth-order valence-electron chi connectivity index (χ4n) is 1.40. The third-order valence-electron chi connectivity index (χ3n) is 2.31. The topological polar surface area (TPSA) is 56.8 Å². The third kappa shape index (κ3) is 4.59. The van der Waals surface area contributed by atoms with Crippen LogP contribution in [0.25, 0.3) is 0 Å². The van der Waals surface area contributed by atoms with Crippen LogP contribution in [0.5, 0.6) is 0 Å². The first-order valence-corrected chi connectivity index (χ1v) is 5.22. The standard InChI is InChI=1S/C10H19NO4/c1-8(10(12)13-2)5-11-6-9-7-14-3-4-15-9/h8-9,11H,3-7H2,1-2H3. The minimum absolute atomic E-state index is 0.101. The largest absolute Gasteiger partial charge is 0.469 e. The Kier molecular flexibility index (Phi) is 5.60. The Labute approximate surface area is 90.1 Å². The zero-order chi connectivity index (χ0) is 11.1. The number of rotatable bonds is 5. The second-order valence-corrected chi connectivity index (χ2v) is 3.65. The molecule has 1 saturated heterocycles. The van der Waals surface area contributed by atoms with Crippen molar-refractivity contribution in [2.24, 2.45) is 5.92 Å². The zero-order valence-corrected chi connectivity index (χ0v) is 9.32. The van der Waals surface area contributed by atoms with Crippen molar-refractivity contribution in [2.45, 2.75) is 13.0 Å². The quantitative estimate of drug-likeness (QED) is 0.646. The lowest BCUT2D eigenvalue weighted by molar-refractivity contribution is -0.144. The van der Waals surface area contributed by atoms with Gasteiger partial charge in [0.15, 0.2) is 0 Å². The van der Waals surface area contributed by atoms with Crippen LogP contribution in [0.2, 0.25) is 0 Å². The smallest absolute Gasteiger partial charge is 0.309 e. The molecule has 0 aliphatic carbocycles. The molecule has 0 spiro atoms. The highest BCUT2D eigenvalue weighted by Crippen LogP contribution is 2.00. The van der Waals surface area contributed by atoms with Crippen molar-refractivity contribution in [3.63, 3.8) is 0 Å². The maximum absolute atomic E-state index is 11.1. The summed E-state index contributed by atoms with van der Waals surface area (Å²) in [4.78, 5) is 11.1. The van der Waals surface area contributed by atoms with Crippen molar-refractivity contribution in [3.8, 4) is 0 Å². The van der Waals surface area contributed by atoms with Crippen LogP contribution in [0.3, 0.4) is 0 Å². The summed E-state index contributed by atoms with van der Waals surface area (Å²) in [6, 6.07) is 0. The van der Waals surface area contributed by atoms with Crippen molar-refractivity contribution in [1.82, 2.24) is 5.32 Å². The van der Waals surface area contributed by atoms with E-state index >= 15 is 0 Å². The van der Waals surface area contributed by atoms with Crippen LogP contribution < -0.4 is 5.32 Å². The predicted molar refractivity (Wildman–Crippen MR) is 54.6 cm³/mol. The van der Waals surface area contributed by atoms with Gasteiger partial charge in [0.1, 0.15) is 0 Å². The highest BCUT2D eigenvalue weighted by Gasteiger charge is 2.16. The van der Waals surface area contributed by atoms with E-state index in [1.807, 2.05) is 6.92 Å². The van der Waals surface area contributed by atoms with Gasteiger partial charge in [-0.3, -0.25) is 4.79 Å². The molecule has 0 amide bonds. The molecule has 0 radical (unpaired) electrons. The van der Waals surface area contributed by atoms with E-state index in [-0.39, 0.29) is 18.0 Å². The first kappa shape index (κ1) is 12.4. The van der Waals surface area contributed by atoms with Crippen molar-refractivity contribution in [1.29, 1.82) is 0 Å². The second-order valence-electron chi connectivity index (χ2n) is 3.65. The fourth-order valence-corrected chi connectivity index (χ4v) is 1.40. The van der Waals surface area contributed by atoms with E-state index < -0.39 is 0 Å². The Bertz CT molecular complexity index is 192. The summed E-state index contributed by atoms with van der Waals surface area (Å²) in [5.74, 6) is -0.317. The van der Waals surface area contributed by atoms with Crippen LogP contribution in [0, 0.1) is 5.92 Å².